The van der Waals surface area contributed by atoms with Gasteiger partial charge in [0.05, 0.1) is 0 Å². The maximum atomic E-state index is 7.55. The Labute approximate surface area is 103 Å². The Morgan fingerprint density at radius 1 is 1.18 bits per heavy atom. The molecule has 0 spiro atoms. The van der Waals surface area contributed by atoms with E-state index in [9.17, 15) is 0 Å². The van der Waals surface area contributed by atoms with E-state index in [1.165, 1.54) is 24.0 Å². The molecule has 0 saturated heterocycles. The molecular formula is C9H10AcN-. The topological polar surface area (TPSA) is 23.8 Å². The van der Waals surface area contributed by atoms with Crippen LogP contribution in [-0.4, -0.2) is 0 Å². The molecule has 0 aromatic heterocycles. The van der Waals surface area contributed by atoms with Crippen molar-refractivity contribution in [3.05, 3.63) is 35.1 Å². The van der Waals surface area contributed by atoms with Gasteiger partial charge in [-0.2, -0.15) is 0 Å². The van der Waals surface area contributed by atoms with Crippen LogP contribution in [0.15, 0.2) is 18.2 Å². The summed E-state index contributed by atoms with van der Waals surface area (Å²) in [4.78, 5) is 0. The average molecular weight is 359 g/mol. The van der Waals surface area contributed by atoms with E-state index in [1.54, 1.807) is 0 Å². The number of hydrogen-bond acceptors (Lipinski definition) is 0. The third-order valence-corrected chi connectivity index (χ3v) is 2.15. The zero-order valence-electron chi connectivity index (χ0n) is 6.43. The average Bonchev–Trinajstić information content (AvgIpc) is 2.36. The first-order valence-corrected chi connectivity index (χ1v) is 3.70. The number of fused-ring (bicyclic) bond motifs is 1. The second-order valence-corrected chi connectivity index (χ2v) is 2.80. The minimum Gasteiger partial charge on any atom is -0.698 e. The maximum Gasteiger partial charge on any atom is 0 e. The summed E-state index contributed by atoms with van der Waals surface area (Å²) in [6, 6.07) is 6.00. The molecule has 2 heteroatoms. The Bertz CT molecular complexity index is 258. The first-order valence-electron chi connectivity index (χ1n) is 3.70. The van der Waals surface area contributed by atoms with Crippen LogP contribution in [0.25, 0.3) is 5.73 Å². The number of nitrogens with one attached hydrogen (secondary N) is 1. The summed E-state index contributed by atoms with van der Waals surface area (Å²) in [5.74, 6) is 0. The van der Waals surface area contributed by atoms with Crippen molar-refractivity contribution in [1.29, 1.82) is 0 Å². The van der Waals surface area contributed by atoms with Crippen LogP contribution in [0.4, 0.5) is 5.69 Å². The maximum absolute atomic E-state index is 7.55. The predicted octanol–water partition coefficient (Wildman–Crippen LogP) is 2.86. The Hall–Kier alpha value is 0.462. The van der Waals surface area contributed by atoms with Gasteiger partial charge in [0.1, 0.15) is 0 Å². The van der Waals surface area contributed by atoms with Crippen molar-refractivity contribution in [1.82, 2.24) is 0 Å². The van der Waals surface area contributed by atoms with Crippen LogP contribution in [0.3, 0.4) is 0 Å². The zero-order chi connectivity index (χ0) is 6.97. The molecule has 1 N–H and O–H groups in total. The smallest absolute Gasteiger partial charge is 0 e. The summed E-state index contributed by atoms with van der Waals surface area (Å²) in [6.45, 7) is 0. The van der Waals surface area contributed by atoms with Crippen LogP contribution in [0.1, 0.15) is 17.5 Å². The van der Waals surface area contributed by atoms with Crippen molar-refractivity contribution < 1.29 is 44.1 Å². The van der Waals surface area contributed by atoms with Crippen molar-refractivity contribution >= 4 is 5.69 Å². The number of benzene rings is 1. The van der Waals surface area contributed by atoms with E-state index in [0.29, 0.717) is 0 Å². The van der Waals surface area contributed by atoms with Gasteiger partial charge >= 0.3 is 0 Å². The van der Waals surface area contributed by atoms with Crippen molar-refractivity contribution in [2.75, 3.05) is 0 Å². The normalized spacial score (nSPS) is 13.8. The molecule has 1 aromatic rings. The summed E-state index contributed by atoms with van der Waals surface area (Å²) in [5, 5.41) is 0. The van der Waals surface area contributed by atoms with E-state index in [1.807, 2.05) is 12.1 Å². The van der Waals surface area contributed by atoms with Crippen LogP contribution in [0.2, 0.25) is 0 Å². The van der Waals surface area contributed by atoms with Gasteiger partial charge in [-0.15, -0.1) is 5.69 Å². The van der Waals surface area contributed by atoms with Gasteiger partial charge in [-0.3, -0.25) is 0 Å². The minimum atomic E-state index is 0. The van der Waals surface area contributed by atoms with Crippen LogP contribution in [0, 0.1) is 44.1 Å². The molecule has 0 saturated carbocycles. The molecule has 0 aliphatic heterocycles. The van der Waals surface area contributed by atoms with Crippen LogP contribution < -0.4 is 0 Å². The molecule has 0 unspecified atom stereocenters. The van der Waals surface area contributed by atoms with Gasteiger partial charge in [-0.25, -0.2) is 0 Å². The molecule has 0 bridgehead atoms. The monoisotopic (exact) mass is 359 g/mol. The van der Waals surface area contributed by atoms with Gasteiger partial charge in [0.15, 0.2) is 0 Å². The number of aryl methyl sites for hydroxylation is 1. The van der Waals surface area contributed by atoms with Crippen molar-refractivity contribution in [3.8, 4) is 0 Å². The molecule has 0 atom stereocenters. The molecule has 0 amide bonds. The van der Waals surface area contributed by atoms with Gasteiger partial charge in [0.2, 0.25) is 0 Å². The quantitative estimate of drug-likeness (QED) is 0.681. The van der Waals surface area contributed by atoms with E-state index in [-0.39, 0.29) is 44.1 Å². The SMILES string of the molecule is [Ac].[NH-]c1cccc2c1CCC2. The molecular weight excluding hydrogens is 349 g/mol. The van der Waals surface area contributed by atoms with Gasteiger partial charge < -0.3 is 5.73 Å². The van der Waals surface area contributed by atoms with Gasteiger partial charge in [-0.1, -0.05) is 23.8 Å². The van der Waals surface area contributed by atoms with Crippen LogP contribution in [-0.2, 0) is 12.8 Å². The standard InChI is InChI=1S/C9H10N.Ac/c10-9-6-2-4-7-3-1-5-8(7)9;/h2,4,6,10H,1,3,5H2;/q-1;. The van der Waals surface area contributed by atoms with Crippen molar-refractivity contribution in [2.45, 2.75) is 19.3 Å². The molecule has 11 heavy (non-hydrogen) atoms. The summed E-state index contributed by atoms with van der Waals surface area (Å²) in [7, 11) is 0. The summed E-state index contributed by atoms with van der Waals surface area (Å²) in [6.07, 6.45) is 3.54. The van der Waals surface area contributed by atoms with Gasteiger partial charge in [0.25, 0.3) is 0 Å². The Morgan fingerprint density at radius 3 is 2.73 bits per heavy atom. The van der Waals surface area contributed by atoms with E-state index >= 15 is 0 Å². The molecule has 1 aromatic carbocycles. The van der Waals surface area contributed by atoms with Crippen molar-refractivity contribution in [2.24, 2.45) is 0 Å². The van der Waals surface area contributed by atoms with Gasteiger partial charge in [-0.05, 0) is 24.8 Å². The summed E-state index contributed by atoms with van der Waals surface area (Å²) >= 11 is 0. The number of rotatable bonds is 0. The van der Waals surface area contributed by atoms with E-state index < -0.39 is 0 Å². The molecule has 2 rings (SSSR count). The van der Waals surface area contributed by atoms with E-state index in [0.717, 1.165) is 12.1 Å². The molecule has 1 aliphatic rings. The van der Waals surface area contributed by atoms with E-state index in [2.05, 4.69) is 6.07 Å². The molecule has 55 valence electrons. The fraction of sp³-hybridized carbons (Fsp3) is 0.333. The summed E-state index contributed by atoms with van der Waals surface area (Å²) < 4.78 is 0. The van der Waals surface area contributed by atoms with Gasteiger partial charge in [0, 0.05) is 44.1 Å². The second-order valence-electron chi connectivity index (χ2n) is 2.80. The zero-order valence-corrected chi connectivity index (χ0v) is 11.2. The third kappa shape index (κ3) is 1.79. The fourth-order valence-electron chi connectivity index (χ4n) is 1.62. The molecule has 0 fully saturated rings. The first kappa shape index (κ1) is 9.55. The predicted molar refractivity (Wildman–Crippen MR) is 42.4 cm³/mol. The molecule has 1 nitrogen and oxygen atoms in total. The second kappa shape index (κ2) is 3.92. The number of hydrogen-bond donors (Lipinski definition) is 0. The Kier molecular flexibility index (Phi) is 3.40. The minimum absolute atomic E-state index is 0. The van der Waals surface area contributed by atoms with Crippen LogP contribution in [0.5, 0.6) is 0 Å². The molecule has 0 heterocycles. The first-order chi connectivity index (χ1) is 4.88. The fourth-order valence-corrected chi connectivity index (χ4v) is 1.62. The molecule has 1 radical (unpaired) electrons. The largest absolute Gasteiger partial charge is 0.698 e. The Morgan fingerprint density at radius 2 is 2.00 bits per heavy atom. The molecule has 1 aliphatic carbocycles. The third-order valence-electron chi connectivity index (χ3n) is 2.15. The van der Waals surface area contributed by atoms with Crippen molar-refractivity contribution in [3.63, 3.8) is 0 Å². The Balaban J connectivity index is 0.000000605. The van der Waals surface area contributed by atoms with E-state index in [4.69, 9.17) is 5.73 Å². The van der Waals surface area contributed by atoms with Crippen LogP contribution >= 0.6 is 0 Å². The summed E-state index contributed by atoms with van der Waals surface area (Å²) in [5.41, 5.74) is 11.0.